The maximum atomic E-state index is 13.8. The predicted octanol–water partition coefficient (Wildman–Crippen LogP) is 4.97. The lowest BCUT2D eigenvalue weighted by atomic mass is 10.1. The van der Waals surface area contributed by atoms with Gasteiger partial charge in [0.25, 0.3) is 0 Å². The van der Waals surface area contributed by atoms with E-state index in [1.54, 1.807) is 24.3 Å². The van der Waals surface area contributed by atoms with Crippen molar-refractivity contribution in [3.63, 3.8) is 0 Å². The quantitative estimate of drug-likeness (QED) is 0.577. The lowest BCUT2D eigenvalue weighted by Crippen LogP contribution is -1.96. The summed E-state index contributed by atoms with van der Waals surface area (Å²) in [5.74, 6) is -3.43. The molecule has 0 spiro atoms. The Kier molecular flexibility index (Phi) is 3.10. The molecule has 0 saturated heterocycles. The minimum absolute atomic E-state index is 0.0789. The molecule has 0 unspecified atom stereocenters. The number of rotatable bonds is 1. The van der Waals surface area contributed by atoms with Gasteiger partial charge in [-0.15, -0.1) is 0 Å². The van der Waals surface area contributed by atoms with E-state index in [0.29, 0.717) is 17.3 Å². The largest absolute Gasteiger partial charge is 0.244 e. The number of pyridine rings is 1. The Morgan fingerprint density at radius 2 is 1.60 bits per heavy atom. The van der Waals surface area contributed by atoms with Crippen LogP contribution in [0.3, 0.4) is 0 Å². The van der Waals surface area contributed by atoms with Gasteiger partial charge in [-0.05, 0) is 6.07 Å². The summed E-state index contributed by atoms with van der Waals surface area (Å²) in [6, 6.07) is 10.8. The summed E-state index contributed by atoms with van der Waals surface area (Å²) in [5.41, 5.74) is 0.823. The third-order valence-electron chi connectivity index (χ3n) is 2.95. The average molecular weight is 294 g/mol. The molecule has 0 bridgehead atoms. The summed E-state index contributed by atoms with van der Waals surface area (Å²) in [6.07, 6.45) is 0. The normalized spacial score (nSPS) is 11.0. The molecule has 0 radical (unpaired) electrons. The van der Waals surface area contributed by atoms with E-state index in [2.05, 4.69) is 4.98 Å². The van der Waals surface area contributed by atoms with E-state index in [1.165, 1.54) is 6.07 Å². The molecule has 1 nitrogen and oxygen atoms in total. The Hall–Kier alpha value is -2.07. The van der Waals surface area contributed by atoms with E-state index in [4.69, 9.17) is 11.6 Å². The first-order valence-electron chi connectivity index (χ1n) is 5.77. The molecular formula is C15H7ClF3N. The Morgan fingerprint density at radius 1 is 0.900 bits per heavy atom. The SMILES string of the molecule is Fc1cc(F)c2nc(-c3ccccc3)cc(Cl)c2c1F. The zero-order valence-electron chi connectivity index (χ0n) is 10.0. The van der Waals surface area contributed by atoms with Crippen LogP contribution in [-0.2, 0) is 0 Å². The van der Waals surface area contributed by atoms with Gasteiger partial charge in [-0.25, -0.2) is 18.2 Å². The Bertz CT molecular complexity index is 803. The number of fused-ring (bicyclic) bond motifs is 1. The molecule has 0 atom stereocenters. The number of hydrogen-bond acceptors (Lipinski definition) is 1. The summed E-state index contributed by atoms with van der Waals surface area (Å²) in [5, 5.41) is -0.423. The second-order valence-corrected chi connectivity index (χ2v) is 4.64. The van der Waals surface area contributed by atoms with Gasteiger partial charge in [0.2, 0.25) is 0 Å². The van der Waals surface area contributed by atoms with Crippen LogP contribution >= 0.6 is 11.6 Å². The summed E-state index contributed by atoms with van der Waals surface area (Å²) in [6.45, 7) is 0. The van der Waals surface area contributed by atoms with Crippen molar-refractivity contribution in [1.82, 2.24) is 4.98 Å². The minimum Gasteiger partial charge on any atom is -0.244 e. The van der Waals surface area contributed by atoms with Crippen LogP contribution in [0.2, 0.25) is 5.02 Å². The van der Waals surface area contributed by atoms with Crippen LogP contribution in [-0.4, -0.2) is 4.98 Å². The third kappa shape index (κ3) is 2.02. The molecular weight excluding hydrogens is 287 g/mol. The molecule has 3 rings (SSSR count). The molecule has 0 aliphatic carbocycles. The van der Waals surface area contributed by atoms with Crippen LogP contribution in [0.1, 0.15) is 0 Å². The fourth-order valence-electron chi connectivity index (χ4n) is 2.01. The molecule has 0 aliphatic rings. The van der Waals surface area contributed by atoms with Gasteiger partial charge in [0, 0.05) is 11.6 Å². The minimum atomic E-state index is -1.29. The smallest absolute Gasteiger partial charge is 0.169 e. The van der Waals surface area contributed by atoms with E-state index < -0.39 is 17.5 Å². The van der Waals surface area contributed by atoms with Crippen LogP contribution in [0.5, 0.6) is 0 Å². The fourth-order valence-corrected chi connectivity index (χ4v) is 2.29. The van der Waals surface area contributed by atoms with Crippen molar-refractivity contribution in [2.45, 2.75) is 0 Å². The highest BCUT2D eigenvalue weighted by Gasteiger charge is 2.17. The van der Waals surface area contributed by atoms with Gasteiger partial charge in [0.1, 0.15) is 5.52 Å². The molecule has 20 heavy (non-hydrogen) atoms. The lowest BCUT2D eigenvalue weighted by molar-refractivity contribution is 0.505. The van der Waals surface area contributed by atoms with Crippen LogP contribution < -0.4 is 0 Å². The first kappa shape index (κ1) is 12.9. The number of halogens is 4. The van der Waals surface area contributed by atoms with Crippen molar-refractivity contribution in [2.24, 2.45) is 0 Å². The monoisotopic (exact) mass is 293 g/mol. The van der Waals surface area contributed by atoms with E-state index >= 15 is 0 Å². The van der Waals surface area contributed by atoms with Gasteiger partial charge in [-0.3, -0.25) is 0 Å². The van der Waals surface area contributed by atoms with Gasteiger partial charge in [0.05, 0.1) is 16.1 Å². The van der Waals surface area contributed by atoms with Gasteiger partial charge >= 0.3 is 0 Å². The highest BCUT2D eigenvalue weighted by Crippen LogP contribution is 2.32. The molecule has 1 heterocycles. The summed E-state index contributed by atoms with van der Waals surface area (Å²) in [4.78, 5) is 4.04. The first-order chi connectivity index (χ1) is 9.58. The maximum absolute atomic E-state index is 13.8. The van der Waals surface area contributed by atoms with Crippen molar-refractivity contribution in [1.29, 1.82) is 0 Å². The number of benzene rings is 2. The Morgan fingerprint density at radius 3 is 2.30 bits per heavy atom. The van der Waals surface area contributed by atoms with E-state index in [-0.39, 0.29) is 15.9 Å². The predicted molar refractivity (Wildman–Crippen MR) is 72.1 cm³/mol. The molecule has 5 heteroatoms. The van der Waals surface area contributed by atoms with E-state index in [0.717, 1.165) is 0 Å². The van der Waals surface area contributed by atoms with Gasteiger partial charge < -0.3 is 0 Å². The average Bonchev–Trinajstić information content (AvgIpc) is 2.45. The molecule has 0 amide bonds. The third-order valence-corrected chi connectivity index (χ3v) is 3.25. The number of nitrogens with zero attached hydrogens (tertiary/aromatic N) is 1. The number of hydrogen-bond donors (Lipinski definition) is 0. The second-order valence-electron chi connectivity index (χ2n) is 4.23. The molecule has 0 saturated carbocycles. The van der Waals surface area contributed by atoms with Crippen LogP contribution in [0.15, 0.2) is 42.5 Å². The maximum Gasteiger partial charge on any atom is 0.169 e. The van der Waals surface area contributed by atoms with Gasteiger partial charge in [-0.1, -0.05) is 41.9 Å². The van der Waals surface area contributed by atoms with Crippen molar-refractivity contribution < 1.29 is 13.2 Å². The number of aromatic nitrogens is 1. The Labute approximate surface area is 117 Å². The van der Waals surface area contributed by atoms with E-state index in [1.807, 2.05) is 6.07 Å². The van der Waals surface area contributed by atoms with Crippen molar-refractivity contribution >= 4 is 22.5 Å². The van der Waals surface area contributed by atoms with Crippen LogP contribution in [0.25, 0.3) is 22.2 Å². The van der Waals surface area contributed by atoms with Crippen molar-refractivity contribution in [3.8, 4) is 11.3 Å². The van der Waals surface area contributed by atoms with Gasteiger partial charge in [0.15, 0.2) is 17.5 Å². The summed E-state index contributed by atoms with van der Waals surface area (Å²) >= 11 is 5.95. The standard InChI is InChI=1S/C15H7ClF3N/c16-9-6-12(8-4-2-1-3-5-8)20-15-11(18)7-10(17)14(19)13(9)15/h1-7H. The van der Waals surface area contributed by atoms with Gasteiger partial charge in [-0.2, -0.15) is 0 Å². The van der Waals surface area contributed by atoms with E-state index in [9.17, 15) is 13.2 Å². The topological polar surface area (TPSA) is 12.9 Å². The fraction of sp³-hybridized carbons (Fsp3) is 0. The molecule has 0 N–H and O–H groups in total. The molecule has 1 aromatic heterocycles. The summed E-state index contributed by atoms with van der Waals surface area (Å²) < 4.78 is 40.7. The first-order valence-corrected chi connectivity index (χ1v) is 6.15. The van der Waals surface area contributed by atoms with Crippen LogP contribution in [0, 0.1) is 17.5 Å². The zero-order valence-corrected chi connectivity index (χ0v) is 10.8. The van der Waals surface area contributed by atoms with Crippen molar-refractivity contribution in [2.75, 3.05) is 0 Å². The molecule has 3 aromatic rings. The van der Waals surface area contributed by atoms with Crippen LogP contribution in [0.4, 0.5) is 13.2 Å². The van der Waals surface area contributed by atoms with Crippen molar-refractivity contribution in [3.05, 3.63) is 64.9 Å². The molecule has 0 fully saturated rings. The molecule has 0 aliphatic heterocycles. The summed E-state index contributed by atoms with van der Waals surface area (Å²) in [7, 11) is 0. The Balaban J connectivity index is 2.36. The molecule has 2 aromatic carbocycles. The highest BCUT2D eigenvalue weighted by atomic mass is 35.5. The zero-order chi connectivity index (χ0) is 14.3. The highest BCUT2D eigenvalue weighted by molar-refractivity contribution is 6.35. The molecule has 100 valence electrons. The lowest BCUT2D eigenvalue weighted by Gasteiger charge is -2.08. The second kappa shape index (κ2) is 4.80.